The number of carbonyl (C=O) groups is 1. The Bertz CT molecular complexity index is 1550. The number of hydrogen-bond acceptors (Lipinski definition) is 5. The molecule has 3 heterocycles. The topological polar surface area (TPSA) is 86.3 Å². The van der Waals surface area contributed by atoms with Crippen molar-refractivity contribution in [1.82, 2.24) is 24.4 Å². The molecule has 5 rings (SSSR count). The highest BCUT2D eigenvalue weighted by atomic mass is 79.9. The van der Waals surface area contributed by atoms with Gasteiger partial charge in [-0.2, -0.15) is 10.2 Å². The van der Waals surface area contributed by atoms with Gasteiger partial charge >= 0.3 is 0 Å². The SMILES string of the molecule is COc1ccccc1-c1cc(C(F)F)n2ncc(C(=O)Nc3cnn(Cc4ccc(Br)cc4)c3)c2n1. The number of rotatable bonds is 7. The average Bonchev–Trinajstić information content (AvgIpc) is 3.51. The number of hydrogen-bond donors (Lipinski definition) is 1. The van der Waals surface area contributed by atoms with Gasteiger partial charge in [0.2, 0.25) is 0 Å². The van der Waals surface area contributed by atoms with Gasteiger partial charge in [-0.15, -0.1) is 0 Å². The van der Waals surface area contributed by atoms with E-state index in [1.807, 2.05) is 24.3 Å². The number of nitrogens with one attached hydrogen (secondary N) is 1. The van der Waals surface area contributed by atoms with Gasteiger partial charge in [-0.3, -0.25) is 9.48 Å². The molecule has 36 heavy (non-hydrogen) atoms. The molecule has 11 heteroatoms. The number of ether oxygens (including phenoxy) is 1. The Kier molecular flexibility index (Phi) is 6.47. The van der Waals surface area contributed by atoms with Crippen molar-refractivity contribution in [3.05, 3.63) is 94.5 Å². The summed E-state index contributed by atoms with van der Waals surface area (Å²) in [6, 6.07) is 16.0. The first-order chi connectivity index (χ1) is 17.4. The second kappa shape index (κ2) is 9.86. The number of alkyl halides is 2. The van der Waals surface area contributed by atoms with Crippen LogP contribution >= 0.6 is 15.9 Å². The van der Waals surface area contributed by atoms with Crippen LogP contribution in [-0.4, -0.2) is 37.4 Å². The fraction of sp³-hybridized carbons (Fsp3) is 0.120. The predicted octanol–water partition coefficient (Wildman–Crippen LogP) is 5.60. The molecule has 182 valence electrons. The van der Waals surface area contributed by atoms with Gasteiger partial charge in [0.1, 0.15) is 17.0 Å². The Balaban J connectivity index is 1.45. The first-order valence-electron chi connectivity index (χ1n) is 10.8. The average molecular weight is 553 g/mol. The molecular weight excluding hydrogens is 534 g/mol. The summed E-state index contributed by atoms with van der Waals surface area (Å²) in [6.07, 6.45) is 1.59. The van der Waals surface area contributed by atoms with Crippen molar-refractivity contribution in [2.75, 3.05) is 12.4 Å². The summed E-state index contributed by atoms with van der Waals surface area (Å²) < 4.78 is 36.8. The molecular formula is C25H19BrF2N6O2. The van der Waals surface area contributed by atoms with E-state index < -0.39 is 12.3 Å². The van der Waals surface area contributed by atoms with Crippen LogP contribution in [0.2, 0.25) is 0 Å². The van der Waals surface area contributed by atoms with Crippen LogP contribution in [0.1, 0.15) is 28.0 Å². The molecule has 0 aliphatic heterocycles. The predicted molar refractivity (Wildman–Crippen MR) is 133 cm³/mol. The molecule has 0 saturated heterocycles. The van der Waals surface area contributed by atoms with Gasteiger partial charge in [-0.1, -0.05) is 40.2 Å². The number of halogens is 3. The minimum atomic E-state index is -2.84. The molecule has 0 bridgehead atoms. The van der Waals surface area contributed by atoms with Crippen LogP contribution in [0.5, 0.6) is 5.75 Å². The van der Waals surface area contributed by atoms with Crippen LogP contribution in [0.25, 0.3) is 16.9 Å². The second-order valence-electron chi connectivity index (χ2n) is 7.87. The number of fused-ring (bicyclic) bond motifs is 1. The van der Waals surface area contributed by atoms with E-state index in [2.05, 4.69) is 36.4 Å². The molecule has 2 aromatic carbocycles. The Labute approximate surface area is 212 Å². The normalized spacial score (nSPS) is 11.2. The van der Waals surface area contributed by atoms with Gasteiger partial charge in [0.05, 0.1) is 37.4 Å². The van der Waals surface area contributed by atoms with Gasteiger partial charge in [-0.05, 0) is 35.9 Å². The highest BCUT2D eigenvalue weighted by Gasteiger charge is 2.22. The van der Waals surface area contributed by atoms with Gasteiger partial charge in [0, 0.05) is 16.2 Å². The molecule has 0 atom stereocenters. The molecule has 0 aliphatic carbocycles. The number of carbonyl (C=O) groups excluding carboxylic acids is 1. The number of aromatic nitrogens is 5. The lowest BCUT2D eigenvalue weighted by Crippen LogP contribution is -2.12. The molecule has 1 N–H and O–H groups in total. The van der Waals surface area contributed by atoms with Crippen molar-refractivity contribution >= 4 is 33.2 Å². The lowest BCUT2D eigenvalue weighted by Gasteiger charge is -2.11. The Morgan fingerprint density at radius 2 is 1.89 bits per heavy atom. The minimum absolute atomic E-state index is 0.00783. The molecule has 0 radical (unpaired) electrons. The van der Waals surface area contributed by atoms with Crippen LogP contribution in [0.3, 0.4) is 0 Å². The largest absolute Gasteiger partial charge is 0.496 e. The fourth-order valence-corrected chi connectivity index (χ4v) is 4.05. The number of nitrogens with zero attached hydrogens (tertiary/aromatic N) is 5. The van der Waals surface area contributed by atoms with Crippen LogP contribution in [0, 0.1) is 0 Å². The zero-order chi connectivity index (χ0) is 25.2. The standard InChI is InChI=1S/C25H19BrF2N6O2/c1-36-22-5-3-2-4-18(22)20-10-21(23(27)28)34-24(32-20)19(12-30-34)25(35)31-17-11-29-33(14-17)13-15-6-8-16(26)9-7-15/h2-12,14,23H,13H2,1H3,(H,31,35). The first kappa shape index (κ1) is 23.6. The maximum absolute atomic E-state index is 13.9. The third-order valence-corrected chi connectivity index (χ3v) is 6.03. The van der Waals surface area contributed by atoms with E-state index in [0.29, 0.717) is 23.5 Å². The van der Waals surface area contributed by atoms with Crippen LogP contribution < -0.4 is 10.1 Å². The minimum Gasteiger partial charge on any atom is -0.496 e. The third kappa shape index (κ3) is 4.69. The summed E-state index contributed by atoms with van der Waals surface area (Å²) in [5, 5.41) is 11.0. The molecule has 5 aromatic rings. The smallest absolute Gasteiger partial charge is 0.280 e. The lowest BCUT2D eigenvalue weighted by molar-refractivity contribution is 0.102. The van der Waals surface area contributed by atoms with Crippen LogP contribution in [0.4, 0.5) is 14.5 Å². The highest BCUT2D eigenvalue weighted by molar-refractivity contribution is 9.10. The van der Waals surface area contributed by atoms with E-state index in [4.69, 9.17) is 4.74 Å². The van der Waals surface area contributed by atoms with Gasteiger partial charge in [0.15, 0.2) is 5.65 Å². The molecule has 0 aliphatic rings. The van der Waals surface area contributed by atoms with E-state index in [-0.39, 0.29) is 22.6 Å². The van der Waals surface area contributed by atoms with E-state index >= 15 is 0 Å². The number of anilines is 1. The van der Waals surface area contributed by atoms with Crippen LogP contribution in [-0.2, 0) is 6.54 Å². The Morgan fingerprint density at radius 3 is 2.64 bits per heavy atom. The zero-order valence-corrected chi connectivity index (χ0v) is 20.5. The second-order valence-corrected chi connectivity index (χ2v) is 8.78. The molecule has 1 amide bonds. The van der Waals surface area contributed by atoms with Crippen LogP contribution in [0.15, 0.2) is 77.7 Å². The first-order valence-corrected chi connectivity index (χ1v) is 11.6. The summed E-state index contributed by atoms with van der Waals surface area (Å²) in [5.41, 5.74) is 1.92. The Morgan fingerprint density at radius 1 is 1.11 bits per heavy atom. The lowest BCUT2D eigenvalue weighted by atomic mass is 10.1. The summed E-state index contributed by atoms with van der Waals surface area (Å²) in [6.45, 7) is 0.515. The molecule has 3 aromatic heterocycles. The Hall–Kier alpha value is -4.12. The summed E-state index contributed by atoms with van der Waals surface area (Å²) >= 11 is 3.41. The van der Waals surface area contributed by atoms with Gasteiger partial charge in [-0.25, -0.2) is 18.3 Å². The van der Waals surface area contributed by atoms with Gasteiger partial charge < -0.3 is 10.1 Å². The third-order valence-electron chi connectivity index (χ3n) is 5.50. The number of methoxy groups -OCH3 is 1. The van der Waals surface area contributed by atoms with E-state index in [1.54, 1.807) is 35.1 Å². The maximum atomic E-state index is 13.9. The maximum Gasteiger partial charge on any atom is 0.280 e. The number of amides is 1. The quantitative estimate of drug-likeness (QED) is 0.284. The van der Waals surface area contributed by atoms with Crippen molar-refractivity contribution in [3.8, 4) is 17.0 Å². The summed E-state index contributed by atoms with van der Waals surface area (Å²) in [5.74, 6) is -0.0728. The van der Waals surface area contributed by atoms with E-state index in [0.717, 1.165) is 14.6 Å². The molecule has 8 nitrogen and oxygen atoms in total. The molecule has 0 spiro atoms. The molecule has 0 fully saturated rings. The van der Waals surface area contributed by atoms with Crippen molar-refractivity contribution in [1.29, 1.82) is 0 Å². The summed E-state index contributed by atoms with van der Waals surface area (Å²) in [7, 11) is 1.49. The fourth-order valence-electron chi connectivity index (χ4n) is 3.79. The summed E-state index contributed by atoms with van der Waals surface area (Å²) in [4.78, 5) is 17.6. The monoisotopic (exact) mass is 552 g/mol. The zero-order valence-electron chi connectivity index (χ0n) is 18.9. The van der Waals surface area contributed by atoms with Crippen molar-refractivity contribution < 1.29 is 18.3 Å². The van der Waals surface area contributed by atoms with Gasteiger partial charge in [0.25, 0.3) is 12.3 Å². The van der Waals surface area contributed by atoms with E-state index in [1.165, 1.54) is 25.6 Å². The number of para-hydroxylation sites is 1. The molecule has 0 saturated carbocycles. The molecule has 0 unspecified atom stereocenters. The van der Waals surface area contributed by atoms with Crippen molar-refractivity contribution in [2.24, 2.45) is 0 Å². The van der Waals surface area contributed by atoms with Crippen molar-refractivity contribution in [2.45, 2.75) is 13.0 Å². The number of benzene rings is 2. The highest BCUT2D eigenvalue weighted by Crippen LogP contribution is 2.32. The van der Waals surface area contributed by atoms with Crippen molar-refractivity contribution in [3.63, 3.8) is 0 Å². The van der Waals surface area contributed by atoms with E-state index in [9.17, 15) is 13.6 Å².